The summed E-state index contributed by atoms with van der Waals surface area (Å²) in [6, 6.07) is 2.30. The molecule has 6 heteroatoms. The fourth-order valence-corrected chi connectivity index (χ4v) is 1.66. The van der Waals surface area contributed by atoms with E-state index >= 15 is 0 Å². The zero-order chi connectivity index (χ0) is 13.7. The smallest absolute Gasteiger partial charge is 0.326 e. The summed E-state index contributed by atoms with van der Waals surface area (Å²) in [7, 11) is 2.87. The van der Waals surface area contributed by atoms with Gasteiger partial charge in [-0.3, -0.25) is 4.79 Å². The van der Waals surface area contributed by atoms with E-state index in [0.717, 1.165) is 0 Å². The van der Waals surface area contributed by atoms with Gasteiger partial charge in [0.05, 0.1) is 7.11 Å². The summed E-state index contributed by atoms with van der Waals surface area (Å²) < 4.78 is 4.98. The second kappa shape index (κ2) is 6.00. The minimum Gasteiger partial charge on any atom is -0.480 e. The van der Waals surface area contributed by atoms with E-state index < -0.39 is 17.9 Å². The quantitative estimate of drug-likeness (QED) is 0.846. The molecule has 98 valence electrons. The van der Waals surface area contributed by atoms with Crippen LogP contribution in [0.25, 0.3) is 0 Å². The zero-order valence-electron chi connectivity index (χ0n) is 10.6. The van der Waals surface area contributed by atoms with E-state index in [-0.39, 0.29) is 11.4 Å². The summed E-state index contributed by atoms with van der Waals surface area (Å²) >= 11 is 0. The molecule has 0 bridgehead atoms. The highest BCUT2D eigenvalue weighted by atomic mass is 16.5. The third-order valence-electron chi connectivity index (χ3n) is 2.65. The Bertz CT molecular complexity index is 447. The highest BCUT2D eigenvalue weighted by Gasteiger charge is 2.27. The van der Waals surface area contributed by atoms with Gasteiger partial charge in [-0.2, -0.15) is 0 Å². The normalized spacial score (nSPS) is 11.7. The number of carboxylic acid groups (broad SMARTS) is 1. The molecule has 6 nitrogen and oxygen atoms in total. The standard InChI is InChI=1S/C12H16N2O4/c1-4-9(12(16)17)14(2)11(15)8-6-5-7-13-10(8)18-3/h5-7,9H,4H2,1-3H3,(H,16,17). The van der Waals surface area contributed by atoms with Gasteiger partial charge in [0.1, 0.15) is 11.6 Å². The van der Waals surface area contributed by atoms with Crippen molar-refractivity contribution in [1.82, 2.24) is 9.88 Å². The molecule has 1 aromatic rings. The van der Waals surface area contributed by atoms with Crippen molar-refractivity contribution < 1.29 is 19.4 Å². The van der Waals surface area contributed by atoms with E-state index in [4.69, 9.17) is 9.84 Å². The van der Waals surface area contributed by atoms with Crippen molar-refractivity contribution in [2.24, 2.45) is 0 Å². The number of pyridine rings is 1. The van der Waals surface area contributed by atoms with Crippen molar-refractivity contribution in [3.8, 4) is 5.88 Å². The van der Waals surface area contributed by atoms with Gasteiger partial charge in [-0.15, -0.1) is 0 Å². The number of rotatable bonds is 5. The Morgan fingerprint density at radius 3 is 2.72 bits per heavy atom. The molecule has 1 rings (SSSR count). The van der Waals surface area contributed by atoms with Crippen LogP contribution in [0.15, 0.2) is 18.3 Å². The van der Waals surface area contributed by atoms with Gasteiger partial charge in [-0.25, -0.2) is 9.78 Å². The average molecular weight is 252 g/mol. The van der Waals surface area contributed by atoms with E-state index in [2.05, 4.69) is 4.98 Å². The average Bonchev–Trinajstić information content (AvgIpc) is 2.38. The fourth-order valence-electron chi connectivity index (χ4n) is 1.66. The van der Waals surface area contributed by atoms with Crippen LogP contribution >= 0.6 is 0 Å². The molecule has 1 atom stereocenters. The van der Waals surface area contributed by atoms with Gasteiger partial charge < -0.3 is 14.7 Å². The lowest BCUT2D eigenvalue weighted by molar-refractivity contribution is -0.142. The molecule has 0 saturated carbocycles. The van der Waals surface area contributed by atoms with Gasteiger partial charge in [-0.1, -0.05) is 6.92 Å². The van der Waals surface area contributed by atoms with Crippen LogP contribution in [0, 0.1) is 0 Å². The van der Waals surface area contributed by atoms with Crippen LogP contribution in [0.5, 0.6) is 5.88 Å². The van der Waals surface area contributed by atoms with Crippen molar-refractivity contribution in [2.75, 3.05) is 14.2 Å². The number of aliphatic carboxylic acids is 1. The summed E-state index contributed by atoms with van der Waals surface area (Å²) in [5.41, 5.74) is 0.252. The molecule has 0 spiro atoms. The van der Waals surface area contributed by atoms with Crippen LogP contribution in [-0.2, 0) is 4.79 Å². The second-order valence-corrected chi connectivity index (χ2v) is 3.74. The molecule has 0 radical (unpaired) electrons. The lowest BCUT2D eigenvalue weighted by Crippen LogP contribution is -2.42. The van der Waals surface area contributed by atoms with Gasteiger partial charge in [-0.05, 0) is 18.6 Å². The molecule has 18 heavy (non-hydrogen) atoms. The van der Waals surface area contributed by atoms with Crippen molar-refractivity contribution in [3.63, 3.8) is 0 Å². The Morgan fingerprint density at radius 1 is 1.56 bits per heavy atom. The molecule has 1 amide bonds. The number of nitrogens with zero attached hydrogens (tertiary/aromatic N) is 2. The Hall–Kier alpha value is -2.11. The van der Waals surface area contributed by atoms with Crippen LogP contribution in [0.4, 0.5) is 0 Å². The highest BCUT2D eigenvalue weighted by Crippen LogP contribution is 2.17. The molecule has 0 fully saturated rings. The van der Waals surface area contributed by atoms with Crippen molar-refractivity contribution in [3.05, 3.63) is 23.9 Å². The SMILES string of the molecule is CCC(C(=O)O)N(C)C(=O)c1cccnc1OC. The summed E-state index contributed by atoms with van der Waals surface area (Å²) in [6.45, 7) is 1.71. The molecule has 1 heterocycles. The van der Waals surface area contributed by atoms with Gasteiger partial charge in [0.2, 0.25) is 5.88 Å². The number of aromatic nitrogens is 1. The second-order valence-electron chi connectivity index (χ2n) is 3.74. The van der Waals surface area contributed by atoms with Crippen LogP contribution in [0.2, 0.25) is 0 Å². The summed E-state index contributed by atoms with van der Waals surface area (Å²) in [5.74, 6) is -1.26. The number of methoxy groups -OCH3 is 1. The van der Waals surface area contributed by atoms with Crippen molar-refractivity contribution in [2.45, 2.75) is 19.4 Å². The molecule has 0 aromatic carbocycles. The van der Waals surface area contributed by atoms with Gasteiger partial charge >= 0.3 is 5.97 Å². The summed E-state index contributed by atoms with van der Waals surface area (Å²) in [4.78, 5) is 28.3. The number of carbonyl (C=O) groups excluding carboxylic acids is 1. The van der Waals surface area contributed by atoms with E-state index in [9.17, 15) is 9.59 Å². The van der Waals surface area contributed by atoms with Gasteiger partial charge in [0.25, 0.3) is 5.91 Å². The third-order valence-corrected chi connectivity index (χ3v) is 2.65. The van der Waals surface area contributed by atoms with Gasteiger partial charge in [0.15, 0.2) is 0 Å². The van der Waals surface area contributed by atoms with E-state index in [1.165, 1.54) is 25.3 Å². The van der Waals surface area contributed by atoms with E-state index in [1.54, 1.807) is 19.1 Å². The molecule has 0 aliphatic carbocycles. The first-order valence-corrected chi connectivity index (χ1v) is 5.51. The number of likely N-dealkylation sites (N-methyl/N-ethyl adjacent to an activating group) is 1. The summed E-state index contributed by atoms with van der Waals surface area (Å²) in [6.07, 6.45) is 1.84. The highest BCUT2D eigenvalue weighted by molar-refractivity contribution is 5.98. The van der Waals surface area contributed by atoms with Crippen LogP contribution in [0.3, 0.4) is 0 Å². The number of hydrogen-bond donors (Lipinski definition) is 1. The van der Waals surface area contributed by atoms with E-state index in [1.807, 2.05) is 0 Å². The molecule has 1 aromatic heterocycles. The van der Waals surface area contributed by atoms with Crippen LogP contribution in [0.1, 0.15) is 23.7 Å². The Kier molecular flexibility index (Phi) is 4.65. The lowest BCUT2D eigenvalue weighted by Gasteiger charge is -2.24. The molecule has 0 saturated heterocycles. The number of amides is 1. The molecular weight excluding hydrogens is 236 g/mol. The number of carbonyl (C=O) groups is 2. The van der Waals surface area contributed by atoms with Crippen LogP contribution in [-0.4, -0.2) is 47.1 Å². The Labute approximate surface area is 105 Å². The molecule has 1 N–H and O–H groups in total. The maximum absolute atomic E-state index is 12.2. The summed E-state index contributed by atoms with van der Waals surface area (Å²) in [5, 5.41) is 9.03. The van der Waals surface area contributed by atoms with Crippen molar-refractivity contribution in [1.29, 1.82) is 0 Å². The minimum atomic E-state index is -1.03. The Morgan fingerprint density at radius 2 is 2.22 bits per heavy atom. The molecular formula is C12H16N2O4. The molecule has 0 aliphatic heterocycles. The Balaban J connectivity index is 3.02. The first kappa shape index (κ1) is 14.0. The first-order chi connectivity index (χ1) is 8.52. The topological polar surface area (TPSA) is 79.7 Å². The maximum atomic E-state index is 12.2. The third kappa shape index (κ3) is 2.77. The predicted molar refractivity (Wildman–Crippen MR) is 64.6 cm³/mol. The lowest BCUT2D eigenvalue weighted by atomic mass is 10.1. The molecule has 1 unspecified atom stereocenters. The number of hydrogen-bond acceptors (Lipinski definition) is 4. The number of carboxylic acids is 1. The van der Waals surface area contributed by atoms with Gasteiger partial charge in [0, 0.05) is 13.2 Å². The monoisotopic (exact) mass is 252 g/mol. The minimum absolute atomic E-state index is 0.189. The molecule has 0 aliphatic rings. The largest absolute Gasteiger partial charge is 0.480 e. The van der Waals surface area contributed by atoms with Crippen molar-refractivity contribution >= 4 is 11.9 Å². The first-order valence-electron chi connectivity index (χ1n) is 5.51. The fraction of sp³-hybridized carbons (Fsp3) is 0.417. The maximum Gasteiger partial charge on any atom is 0.326 e. The van der Waals surface area contributed by atoms with Crippen LogP contribution < -0.4 is 4.74 Å². The predicted octanol–water partition coefficient (Wildman–Crippen LogP) is 1.03. The number of ether oxygens (including phenoxy) is 1. The zero-order valence-corrected chi connectivity index (χ0v) is 10.6. The van der Waals surface area contributed by atoms with E-state index in [0.29, 0.717) is 6.42 Å².